The molecule has 7 heteroatoms. The number of aldehydes is 1. The summed E-state index contributed by atoms with van der Waals surface area (Å²) in [5.41, 5.74) is -0.877. The lowest BCUT2D eigenvalue weighted by molar-refractivity contribution is 0.0636. The fraction of sp³-hybridized carbons (Fsp3) is 0.364. The number of aromatic carboxylic acids is 1. The van der Waals surface area contributed by atoms with Gasteiger partial charge in [-0.15, -0.1) is 11.3 Å². The summed E-state index contributed by atoms with van der Waals surface area (Å²) in [5.74, 6) is -1.27. The third kappa shape index (κ3) is 3.56. The molecule has 0 atom stereocenters. The number of rotatable bonds is 3. The molecule has 0 unspecified atom stereocenters. The standard InChI is InChI=1S/C11H13NO5S/c1-11(2,3)17-10(16)12-8-7(9(14)15)6(4-13)5-18-8/h4-5H,1-3H3,(H,12,16)(H,14,15). The van der Waals surface area contributed by atoms with E-state index in [1.807, 2.05) is 0 Å². The third-order valence-electron chi connectivity index (χ3n) is 1.77. The number of amides is 1. The SMILES string of the molecule is CC(C)(C)OC(=O)Nc1scc(C=O)c1C(=O)O. The second kappa shape index (κ2) is 5.18. The van der Waals surface area contributed by atoms with E-state index in [0.717, 1.165) is 11.3 Å². The van der Waals surface area contributed by atoms with Gasteiger partial charge in [-0.05, 0) is 20.8 Å². The van der Waals surface area contributed by atoms with E-state index in [2.05, 4.69) is 5.32 Å². The Bertz CT molecular complexity index is 486. The van der Waals surface area contributed by atoms with Gasteiger partial charge in [0, 0.05) is 10.9 Å². The number of ether oxygens (including phenoxy) is 1. The molecule has 98 valence electrons. The number of carbonyl (C=O) groups is 3. The van der Waals surface area contributed by atoms with Crippen LogP contribution < -0.4 is 5.32 Å². The summed E-state index contributed by atoms with van der Waals surface area (Å²) in [6, 6.07) is 0. The van der Waals surface area contributed by atoms with Gasteiger partial charge in [-0.2, -0.15) is 0 Å². The van der Waals surface area contributed by atoms with Crippen LogP contribution in [0.1, 0.15) is 41.5 Å². The molecule has 0 saturated heterocycles. The lowest BCUT2D eigenvalue weighted by Gasteiger charge is -2.19. The Labute approximate surface area is 108 Å². The molecule has 1 rings (SSSR count). The average molecular weight is 271 g/mol. The van der Waals surface area contributed by atoms with E-state index >= 15 is 0 Å². The van der Waals surface area contributed by atoms with E-state index in [1.165, 1.54) is 5.38 Å². The minimum absolute atomic E-state index is 0.0264. The largest absolute Gasteiger partial charge is 0.478 e. The lowest BCUT2D eigenvalue weighted by Crippen LogP contribution is -2.27. The van der Waals surface area contributed by atoms with Gasteiger partial charge < -0.3 is 9.84 Å². The highest BCUT2D eigenvalue weighted by atomic mass is 32.1. The molecule has 0 aliphatic carbocycles. The third-order valence-corrected chi connectivity index (χ3v) is 2.69. The Balaban J connectivity index is 2.92. The van der Waals surface area contributed by atoms with E-state index in [0.29, 0.717) is 6.29 Å². The molecule has 0 spiro atoms. The minimum atomic E-state index is -1.27. The van der Waals surface area contributed by atoms with Crippen molar-refractivity contribution in [1.29, 1.82) is 0 Å². The van der Waals surface area contributed by atoms with E-state index in [-0.39, 0.29) is 16.1 Å². The van der Waals surface area contributed by atoms with Crippen molar-refractivity contribution in [2.24, 2.45) is 0 Å². The Morgan fingerprint density at radius 3 is 2.50 bits per heavy atom. The summed E-state index contributed by atoms with van der Waals surface area (Å²) in [6.07, 6.45) is -0.329. The first-order valence-corrected chi connectivity index (χ1v) is 5.92. The predicted molar refractivity (Wildman–Crippen MR) is 66.5 cm³/mol. The van der Waals surface area contributed by atoms with Crippen LogP contribution in [0, 0.1) is 0 Å². The summed E-state index contributed by atoms with van der Waals surface area (Å²) < 4.78 is 4.99. The molecule has 1 aromatic heterocycles. The molecule has 0 bridgehead atoms. The Hall–Kier alpha value is -1.89. The zero-order valence-electron chi connectivity index (χ0n) is 10.1. The monoisotopic (exact) mass is 271 g/mol. The van der Waals surface area contributed by atoms with Crippen molar-refractivity contribution in [2.75, 3.05) is 5.32 Å². The molecule has 2 N–H and O–H groups in total. The number of carbonyl (C=O) groups excluding carboxylic acids is 2. The van der Waals surface area contributed by atoms with Crippen LogP contribution in [0.5, 0.6) is 0 Å². The molecule has 1 amide bonds. The molecule has 18 heavy (non-hydrogen) atoms. The molecule has 0 aliphatic heterocycles. The molecular formula is C11H13NO5S. The number of carboxylic acid groups (broad SMARTS) is 1. The second-order valence-corrected chi connectivity index (χ2v) is 5.32. The van der Waals surface area contributed by atoms with Gasteiger partial charge in [0.2, 0.25) is 0 Å². The number of hydrogen-bond acceptors (Lipinski definition) is 5. The van der Waals surface area contributed by atoms with Crippen molar-refractivity contribution < 1.29 is 24.2 Å². The van der Waals surface area contributed by atoms with Gasteiger partial charge >= 0.3 is 12.1 Å². The maximum atomic E-state index is 11.5. The van der Waals surface area contributed by atoms with E-state index in [1.54, 1.807) is 20.8 Å². The van der Waals surface area contributed by atoms with Crippen LogP contribution in [0.2, 0.25) is 0 Å². The number of anilines is 1. The minimum Gasteiger partial charge on any atom is -0.478 e. The Kier molecular flexibility index (Phi) is 4.07. The lowest BCUT2D eigenvalue weighted by atomic mass is 10.2. The fourth-order valence-electron chi connectivity index (χ4n) is 1.17. The van der Waals surface area contributed by atoms with Crippen LogP contribution in [0.3, 0.4) is 0 Å². The van der Waals surface area contributed by atoms with Gasteiger partial charge in [-0.25, -0.2) is 9.59 Å². The van der Waals surface area contributed by atoms with Crippen LogP contribution in [0.15, 0.2) is 5.38 Å². The molecule has 0 fully saturated rings. The first-order valence-electron chi connectivity index (χ1n) is 5.04. The van der Waals surface area contributed by atoms with Crippen molar-refractivity contribution in [3.05, 3.63) is 16.5 Å². The van der Waals surface area contributed by atoms with Gasteiger partial charge in [0.05, 0.1) is 0 Å². The number of hydrogen-bond donors (Lipinski definition) is 2. The second-order valence-electron chi connectivity index (χ2n) is 4.45. The maximum Gasteiger partial charge on any atom is 0.412 e. The predicted octanol–water partition coefficient (Wildman–Crippen LogP) is 2.61. The first-order chi connectivity index (χ1) is 8.24. The van der Waals surface area contributed by atoms with E-state index < -0.39 is 17.7 Å². The van der Waals surface area contributed by atoms with Gasteiger partial charge in [-0.3, -0.25) is 10.1 Å². The zero-order valence-corrected chi connectivity index (χ0v) is 11.0. The highest BCUT2D eigenvalue weighted by Gasteiger charge is 2.22. The molecule has 6 nitrogen and oxygen atoms in total. The van der Waals surface area contributed by atoms with Crippen molar-refractivity contribution in [3.63, 3.8) is 0 Å². The smallest absolute Gasteiger partial charge is 0.412 e. The molecule has 0 aliphatic rings. The number of carboxylic acids is 1. The van der Waals surface area contributed by atoms with Crippen molar-refractivity contribution in [2.45, 2.75) is 26.4 Å². The maximum absolute atomic E-state index is 11.5. The van der Waals surface area contributed by atoms with Crippen molar-refractivity contribution in [3.8, 4) is 0 Å². The summed E-state index contributed by atoms with van der Waals surface area (Å²) in [6.45, 7) is 5.07. The fourth-order valence-corrected chi connectivity index (χ4v) is 2.05. The Morgan fingerprint density at radius 1 is 1.44 bits per heavy atom. The topological polar surface area (TPSA) is 92.7 Å². The zero-order chi connectivity index (χ0) is 13.9. The summed E-state index contributed by atoms with van der Waals surface area (Å²) in [7, 11) is 0. The van der Waals surface area contributed by atoms with Crippen molar-refractivity contribution in [1.82, 2.24) is 0 Å². The van der Waals surface area contributed by atoms with Crippen LogP contribution in [-0.2, 0) is 4.74 Å². The normalized spacial score (nSPS) is 10.8. The molecule has 0 radical (unpaired) electrons. The van der Waals surface area contributed by atoms with Crippen LogP contribution >= 0.6 is 11.3 Å². The summed E-state index contributed by atoms with van der Waals surface area (Å²) in [4.78, 5) is 33.1. The van der Waals surface area contributed by atoms with E-state index in [4.69, 9.17) is 9.84 Å². The van der Waals surface area contributed by atoms with Crippen LogP contribution in [-0.4, -0.2) is 29.1 Å². The quantitative estimate of drug-likeness (QED) is 0.824. The van der Waals surface area contributed by atoms with Crippen LogP contribution in [0.25, 0.3) is 0 Å². The average Bonchev–Trinajstić information content (AvgIpc) is 2.57. The molecular weight excluding hydrogens is 258 g/mol. The Morgan fingerprint density at radius 2 is 2.06 bits per heavy atom. The first kappa shape index (κ1) is 14.2. The summed E-state index contributed by atoms with van der Waals surface area (Å²) >= 11 is 0.959. The van der Waals surface area contributed by atoms with Crippen molar-refractivity contribution >= 4 is 34.7 Å². The highest BCUT2D eigenvalue weighted by Crippen LogP contribution is 2.27. The molecule has 1 heterocycles. The van der Waals surface area contributed by atoms with Gasteiger partial charge in [0.25, 0.3) is 0 Å². The van der Waals surface area contributed by atoms with E-state index in [9.17, 15) is 14.4 Å². The van der Waals surface area contributed by atoms with Gasteiger partial charge in [-0.1, -0.05) is 0 Å². The van der Waals surface area contributed by atoms with Gasteiger partial charge in [0.1, 0.15) is 16.2 Å². The molecule has 1 aromatic rings. The highest BCUT2D eigenvalue weighted by molar-refractivity contribution is 7.15. The number of nitrogens with one attached hydrogen (secondary N) is 1. The van der Waals surface area contributed by atoms with Gasteiger partial charge in [0.15, 0.2) is 6.29 Å². The molecule has 0 aromatic carbocycles. The number of thiophene rings is 1. The van der Waals surface area contributed by atoms with Crippen LogP contribution in [0.4, 0.5) is 9.80 Å². The molecule has 0 saturated carbocycles. The summed E-state index contributed by atoms with van der Waals surface area (Å²) in [5, 5.41) is 12.7.